The maximum atomic E-state index is 13.1. The number of ether oxygens (including phenoxy) is 1. The molecule has 3 aromatic heterocycles. The van der Waals surface area contributed by atoms with E-state index in [1.165, 1.54) is 11.8 Å². The molecule has 158 valence electrons. The van der Waals surface area contributed by atoms with Gasteiger partial charge >= 0.3 is 0 Å². The number of amides is 1. The Kier molecular flexibility index (Phi) is 5.29. The molecule has 9 nitrogen and oxygen atoms in total. The van der Waals surface area contributed by atoms with Crippen LogP contribution in [0.4, 0.5) is 0 Å². The summed E-state index contributed by atoms with van der Waals surface area (Å²) in [6.07, 6.45) is 5.42. The van der Waals surface area contributed by atoms with E-state index in [0.717, 1.165) is 42.3 Å². The second kappa shape index (κ2) is 8.38. The molecule has 0 radical (unpaired) electrons. The number of thioether (sulfide) groups is 1. The Hall–Kier alpha value is -3.40. The Morgan fingerprint density at radius 1 is 1.16 bits per heavy atom. The van der Waals surface area contributed by atoms with Crippen LogP contribution in [0.25, 0.3) is 11.3 Å². The van der Waals surface area contributed by atoms with Crippen molar-refractivity contribution in [3.8, 4) is 11.4 Å². The summed E-state index contributed by atoms with van der Waals surface area (Å²) in [5.41, 5.74) is 1.70. The summed E-state index contributed by atoms with van der Waals surface area (Å²) in [5, 5.41) is 17.5. The van der Waals surface area contributed by atoms with E-state index < -0.39 is 0 Å². The summed E-state index contributed by atoms with van der Waals surface area (Å²) in [5.74, 6) is 1.93. The van der Waals surface area contributed by atoms with E-state index >= 15 is 0 Å². The van der Waals surface area contributed by atoms with Gasteiger partial charge in [0.1, 0.15) is 12.1 Å². The molecule has 0 saturated carbocycles. The number of pyridine rings is 1. The van der Waals surface area contributed by atoms with Gasteiger partial charge in [0.25, 0.3) is 0 Å². The first kappa shape index (κ1) is 19.6. The molecule has 5 rings (SSSR count). The van der Waals surface area contributed by atoms with Gasteiger partial charge in [0.2, 0.25) is 5.91 Å². The summed E-state index contributed by atoms with van der Waals surface area (Å²) in [4.78, 5) is 15.0. The number of hydrogen-bond donors (Lipinski definition) is 0. The lowest BCUT2D eigenvalue weighted by atomic mass is 10.2. The summed E-state index contributed by atoms with van der Waals surface area (Å²) in [7, 11) is 1.63. The number of aromatic nitrogens is 6. The van der Waals surface area contributed by atoms with Crippen LogP contribution in [0.1, 0.15) is 24.7 Å². The Labute approximate surface area is 183 Å². The van der Waals surface area contributed by atoms with Gasteiger partial charge in [-0.25, -0.2) is 0 Å². The standard InChI is InChI=1S/C21H21N7O2S/c1-30-16-9-7-15(8-10-16)28-14-22-25-21(28)31-13-19(29)26-12-4-5-17(26)20-24-23-18-6-2-3-11-27(18)20/h2-3,6-11,14,17H,4-5,12-13H2,1H3. The molecule has 0 aliphatic carbocycles. The summed E-state index contributed by atoms with van der Waals surface area (Å²) >= 11 is 1.38. The Balaban J connectivity index is 1.30. The molecule has 31 heavy (non-hydrogen) atoms. The third-order valence-corrected chi connectivity index (χ3v) is 6.33. The molecule has 1 saturated heterocycles. The van der Waals surface area contributed by atoms with Crippen LogP contribution in [-0.4, -0.2) is 59.6 Å². The Morgan fingerprint density at radius 3 is 2.87 bits per heavy atom. The highest BCUT2D eigenvalue weighted by Crippen LogP contribution is 2.32. The van der Waals surface area contributed by atoms with E-state index in [4.69, 9.17) is 4.74 Å². The number of fused-ring (bicyclic) bond motifs is 1. The SMILES string of the molecule is COc1ccc(-n2cnnc2SCC(=O)N2CCCC2c2nnc3ccccn23)cc1. The first-order valence-electron chi connectivity index (χ1n) is 10.0. The number of nitrogens with zero attached hydrogens (tertiary/aromatic N) is 7. The number of methoxy groups -OCH3 is 1. The first-order chi connectivity index (χ1) is 15.2. The van der Waals surface area contributed by atoms with Crippen LogP contribution in [0.5, 0.6) is 5.75 Å². The molecule has 1 aliphatic rings. The van der Waals surface area contributed by atoms with Crippen molar-refractivity contribution >= 4 is 23.3 Å². The Morgan fingerprint density at radius 2 is 2.03 bits per heavy atom. The highest BCUT2D eigenvalue weighted by molar-refractivity contribution is 7.99. The van der Waals surface area contributed by atoms with Gasteiger partial charge in [0.05, 0.1) is 18.9 Å². The van der Waals surface area contributed by atoms with Crippen molar-refractivity contribution < 1.29 is 9.53 Å². The number of carbonyl (C=O) groups excluding carboxylic acids is 1. The lowest BCUT2D eigenvalue weighted by Gasteiger charge is -2.23. The summed E-state index contributed by atoms with van der Waals surface area (Å²) in [6.45, 7) is 0.719. The molecule has 4 heterocycles. The highest BCUT2D eigenvalue weighted by Gasteiger charge is 2.33. The molecule has 0 N–H and O–H groups in total. The molecule has 0 spiro atoms. The van der Waals surface area contributed by atoms with Crippen LogP contribution < -0.4 is 4.74 Å². The Bertz CT molecular complexity index is 1200. The van der Waals surface area contributed by atoms with E-state index in [2.05, 4.69) is 20.4 Å². The molecule has 1 unspecified atom stereocenters. The van der Waals surface area contributed by atoms with Crippen molar-refractivity contribution in [2.24, 2.45) is 0 Å². The molecule has 4 aromatic rings. The van der Waals surface area contributed by atoms with Gasteiger partial charge in [-0.2, -0.15) is 0 Å². The highest BCUT2D eigenvalue weighted by atomic mass is 32.2. The van der Waals surface area contributed by atoms with Gasteiger partial charge < -0.3 is 9.64 Å². The van der Waals surface area contributed by atoms with Crippen LogP contribution in [0.15, 0.2) is 60.1 Å². The van der Waals surface area contributed by atoms with Crippen LogP contribution >= 0.6 is 11.8 Å². The maximum absolute atomic E-state index is 13.1. The van der Waals surface area contributed by atoms with Crippen molar-refractivity contribution in [1.29, 1.82) is 0 Å². The zero-order valence-corrected chi connectivity index (χ0v) is 17.8. The smallest absolute Gasteiger partial charge is 0.233 e. The van der Waals surface area contributed by atoms with Crippen LogP contribution in [0.3, 0.4) is 0 Å². The van der Waals surface area contributed by atoms with E-state index in [-0.39, 0.29) is 17.7 Å². The molecule has 1 aliphatic heterocycles. The number of likely N-dealkylation sites (tertiary alicyclic amines) is 1. The number of rotatable bonds is 6. The average molecular weight is 436 g/mol. The fraction of sp³-hybridized carbons (Fsp3) is 0.286. The van der Waals surface area contributed by atoms with Crippen LogP contribution in [-0.2, 0) is 4.79 Å². The van der Waals surface area contributed by atoms with Crippen LogP contribution in [0, 0.1) is 0 Å². The predicted octanol–water partition coefficient (Wildman–Crippen LogP) is 2.77. The molecule has 1 fully saturated rings. The third kappa shape index (κ3) is 3.74. The maximum Gasteiger partial charge on any atom is 0.233 e. The van der Waals surface area contributed by atoms with Crippen molar-refractivity contribution in [2.45, 2.75) is 24.0 Å². The second-order valence-electron chi connectivity index (χ2n) is 7.20. The van der Waals surface area contributed by atoms with E-state index in [0.29, 0.717) is 5.16 Å². The zero-order valence-electron chi connectivity index (χ0n) is 17.0. The number of carbonyl (C=O) groups is 1. The largest absolute Gasteiger partial charge is 0.497 e. The third-order valence-electron chi connectivity index (χ3n) is 5.40. The van der Waals surface area contributed by atoms with Gasteiger partial charge in [0, 0.05) is 18.4 Å². The van der Waals surface area contributed by atoms with E-state index in [1.807, 2.05) is 62.5 Å². The molecular weight excluding hydrogens is 414 g/mol. The fourth-order valence-electron chi connectivity index (χ4n) is 3.87. The minimum absolute atomic E-state index is 0.0597. The normalized spacial score (nSPS) is 16.2. The quantitative estimate of drug-likeness (QED) is 0.430. The van der Waals surface area contributed by atoms with Crippen molar-refractivity contribution in [3.05, 3.63) is 60.8 Å². The van der Waals surface area contributed by atoms with Gasteiger partial charge in [-0.1, -0.05) is 17.8 Å². The number of benzene rings is 1. The minimum Gasteiger partial charge on any atom is -0.497 e. The average Bonchev–Trinajstić information content (AvgIpc) is 3.56. The fourth-order valence-corrected chi connectivity index (χ4v) is 4.69. The van der Waals surface area contributed by atoms with Crippen LogP contribution in [0.2, 0.25) is 0 Å². The van der Waals surface area contributed by atoms with E-state index in [9.17, 15) is 4.79 Å². The second-order valence-corrected chi connectivity index (χ2v) is 8.14. The van der Waals surface area contributed by atoms with Crippen molar-refractivity contribution in [2.75, 3.05) is 19.4 Å². The minimum atomic E-state index is -0.0649. The first-order valence-corrected chi connectivity index (χ1v) is 11.0. The van der Waals surface area contributed by atoms with Gasteiger partial charge in [0.15, 0.2) is 16.6 Å². The van der Waals surface area contributed by atoms with E-state index in [1.54, 1.807) is 13.4 Å². The molecule has 1 amide bonds. The summed E-state index contributed by atoms with van der Waals surface area (Å²) in [6, 6.07) is 13.4. The molecular formula is C21H21N7O2S. The lowest BCUT2D eigenvalue weighted by Crippen LogP contribution is -2.33. The van der Waals surface area contributed by atoms with Gasteiger partial charge in [-0.15, -0.1) is 20.4 Å². The monoisotopic (exact) mass is 435 g/mol. The predicted molar refractivity (Wildman–Crippen MR) is 115 cm³/mol. The molecule has 1 aromatic carbocycles. The van der Waals surface area contributed by atoms with Gasteiger partial charge in [-0.05, 0) is 49.2 Å². The molecule has 1 atom stereocenters. The zero-order chi connectivity index (χ0) is 21.2. The molecule has 0 bridgehead atoms. The molecule has 10 heteroatoms. The topological polar surface area (TPSA) is 90.4 Å². The summed E-state index contributed by atoms with van der Waals surface area (Å²) < 4.78 is 9.04. The number of hydrogen-bond acceptors (Lipinski definition) is 7. The lowest BCUT2D eigenvalue weighted by molar-refractivity contribution is -0.129. The van der Waals surface area contributed by atoms with Crippen molar-refractivity contribution in [3.63, 3.8) is 0 Å². The van der Waals surface area contributed by atoms with Gasteiger partial charge in [-0.3, -0.25) is 13.8 Å². The van der Waals surface area contributed by atoms with Crippen molar-refractivity contribution in [1.82, 2.24) is 34.3 Å².